The summed E-state index contributed by atoms with van der Waals surface area (Å²) >= 11 is 0. The minimum atomic E-state index is -1.21. The number of carbonyl (C=O) groups excluding carboxylic acids is 1. The maximum Gasteiger partial charge on any atom is 0.319 e. The van der Waals surface area contributed by atoms with Crippen LogP contribution < -0.4 is 0 Å². The van der Waals surface area contributed by atoms with Gasteiger partial charge in [0.1, 0.15) is 17.3 Å². The molecule has 3 unspecified atom stereocenters. The first-order valence-electron chi connectivity index (χ1n) is 10.4. The molecule has 29 heavy (non-hydrogen) atoms. The summed E-state index contributed by atoms with van der Waals surface area (Å²) < 4.78 is 19.4. The lowest BCUT2D eigenvalue weighted by Crippen LogP contribution is -2.48. The molecule has 2 fully saturated rings. The second-order valence-corrected chi connectivity index (χ2v) is 8.46. The molecule has 4 nitrogen and oxygen atoms in total. The summed E-state index contributed by atoms with van der Waals surface area (Å²) in [7, 11) is 2.15. The lowest BCUT2D eigenvalue weighted by molar-refractivity contribution is -0.161. The van der Waals surface area contributed by atoms with Crippen LogP contribution in [-0.2, 0) is 21.4 Å². The number of esters is 1. The van der Waals surface area contributed by atoms with Crippen molar-refractivity contribution in [1.82, 2.24) is 4.90 Å². The quantitative estimate of drug-likeness (QED) is 0.759. The van der Waals surface area contributed by atoms with Gasteiger partial charge in [0, 0.05) is 12.1 Å². The Hall–Kier alpha value is -2.24. The number of ether oxygens (including phenoxy) is 1. The van der Waals surface area contributed by atoms with E-state index < -0.39 is 11.4 Å². The summed E-state index contributed by atoms with van der Waals surface area (Å²) in [6.45, 7) is -0.368. The average molecular weight is 397 g/mol. The van der Waals surface area contributed by atoms with Crippen molar-refractivity contribution in [3.63, 3.8) is 0 Å². The molecule has 4 rings (SSSR count). The van der Waals surface area contributed by atoms with E-state index in [4.69, 9.17) is 4.74 Å². The van der Waals surface area contributed by atoms with E-state index in [-0.39, 0.29) is 24.9 Å². The molecule has 1 N–H and O–H groups in total. The van der Waals surface area contributed by atoms with Crippen LogP contribution in [0.3, 0.4) is 0 Å². The van der Waals surface area contributed by atoms with Crippen LogP contribution in [-0.4, -0.2) is 47.8 Å². The predicted molar refractivity (Wildman–Crippen MR) is 109 cm³/mol. The van der Waals surface area contributed by atoms with Crippen molar-refractivity contribution in [2.24, 2.45) is 0 Å². The lowest BCUT2D eigenvalue weighted by Gasteiger charge is -2.38. The molecule has 3 atom stereocenters. The van der Waals surface area contributed by atoms with Gasteiger partial charge in [-0.3, -0.25) is 4.79 Å². The van der Waals surface area contributed by atoms with Gasteiger partial charge in [-0.15, -0.1) is 0 Å². The van der Waals surface area contributed by atoms with Crippen LogP contribution >= 0.6 is 0 Å². The van der Waals surface area contributed by atoms with Gasteiger partial charge in [0.25, 0.3) is 0 Å². The number of aliphatic hydroxyl groups excluding tert-OH is 1. The molecule has 2 aliphatic heterocycles. The maximum absolute atomic E-state index is 13.5. The highest BCUT2D eigenvalue weighted by Crippen LogP contribution is 2.37. The monoisotopic (exact) mass is 397 g/mol. The SMILES string of the molecule is CN1C2CCC1CC(OC(=O)C(CO)(Cc1ccc(F)cc1)c1ccccc1)C2. The van der Waals surface area contributed by atoms with Gasteiger partial charge in [-0.1, -0.05) is 42.5 Å². The number of rotatable bonds is 6. The fourth-order valence-electron chi connectivity index (χ4n) is 4.93. The molecule has 154 valence electrons. The van der Waals surface area contributed by atoms with Gasteiger partial charge < -0.3 is 14.7 Å². The summed E-state index contributed by atoms with van der Waals surface area (Å²) in [6.07, 6.45) is 4.10. The Morgan fingerprint density at radius 1 is 1.10 bits per heavy atom. The minimum Gasteiger partial charge on any atom is -0.462 e. The number of piperidine rings is 1. The number of hydrogen-bond acceptors (Lipinski definition) is 4. The van der Waals surface area contributed by atoms with Crippen molar-refractivity contribution >= 4 is 5.97 Å². The lowest BCUT2D eigenvalue weighted by atomic mass is 9.76. The number of carbonyl (C=O) groups is 1. The van der Waals surface area contributed by atoms with E-state index in [1.807, 2.05) is 30.3 Å². The van der Waals surface area contributed by atoms with E-state index in [0.717, 1.165) is 31.2 Å². The Morgan fingerprint density at radius 2 is 1.72 bits per heavy atom. The first-order valence-corrected chi connectivity index (χ1v) is 10.4. The van der Waals surface area contributed by atoms with E-state index in [1.54, 1.807) is 12.1 Å². The summed E-state index contributed by atoms with van der Waals surface area (Å²) in [5.74, 6) is -0.725. The summed E-state index contributed by atoms with van der Waals surface area (Å²) in [5, 5.41) is 10.4. The van der Waals surface area contributed by atoms with Crippen molar-refractivity contribution in [2.75, 3.05) is 13.7 Å². The van der Waals surface area contributed by atoms with Crippen molar-refractivity contribution in [2.45, 2.75) is 55.7 Å². The first kappa shape index (κ1) is 20.0. The number of fused-ring (bicyclic) bond motifs is 2. The standard InChI is InChI=1S/C24H28FNO3/c1-26-20-11-12-21(26)14-22(13-20)29-23(28)24(16-27,18-5-3-2-4-6-18)15-17-7-9-19(25)10-8-17/h2-10,20-22,27H,11-16H2,1H3. The molecule has 5 heteroatoms. The molecule has 0 aromatic heterocycles. The highest BCUT2D eigenvalue weighted by atomic mass is 19.1. The molecular weight excluding hydrogens is 369 g/mol. The third-order valence-corrected chi connectivity index (χ3v) is 6.73. The molecule has 2 aromatic rings. The highest BCUT2D eigenvalue weighted by molar-refractivity contribution is 5.84. The zero-order chi connectivity index (χ0) is 20.4. The third kappa shape index (κ3) is 3.94. The Balaban J connectivity index is 1.60. The molecule has 0 amide bonds. The normalized spacial score (nSPS) is 26.1. The Bertz CT molecular complexity index is 827. The van der Waals surface area contributed by atoms with Gasteiger partial charge in [0.15, 0.2) is 0 Å². The van der Waals surface area contributed by atoms with Crippen LogP contribution in [0.15, 0.2) is 54.6 Å². The molecule has 2 bridgehead atoms. The van der Waals surface area contributed by atoms with Crippen molar-refractivity contribution < 1.29 is 19.0 Å². The van der Waals surface area contributed by atoms with Crippen LogP contribution in [0.2, 0.25) is 0 Å². The van der Waals surface area contributed by atoms with Crippen molar-refractivity contribution in [3.8, 4) is 0 Å². The molecule has 0 spiro atoms. The summed E-state index contributed by atoms with van der Waals surface area (Å²) in [5.41, 5.74) is 0.291. The Morgan fingerprint density at radius 3 is 2.31 bits per heavy atom. The van der Waals surface area contributed by atoms with Crippen LogP contribution in [0.1, 0.15) is 36.8 Å². The topological polar surface area (TPSA) is 49.8 Å². The smallest absolute Gasteiger partial charge is 0.319 e. The van der Waals surface area contributed by atoms with Gasteiger partial charge in [0.05, 0.1) is 6.61 Å². The van der Waals surface area contributed by atoms with Crippen molar-refractivity contribution in [3.05, 3.63) is 71.5 Å². The van der Waals surface area contributed by atoms with Crippen molar-refractivity contribution in [1.29, 1.82) is 0 Å². The molecule has 0 radical (unpaired) electrons. The van der Waals surface area contributed by atoms with Crippen LogP contribution in [0.4, 0.5) is 4.39 Å². The highest BCUT2D eigenvalue weighted by Gasteiger charge is 2.45. The van der Waals surface area contributed by atoms with E-state index in [1.165, 1.54) is 12.1 Å². The molecule has 2 aromatic carbocycles. The Labute approximate surface area is 171 Å². The molecular formula is C24H28FNO3. The minimum absolute atomic E-state index is 0.126. The fraction of sp³-hybridized carbons (Fsp3) is 0.458. The molecule has 2 aliphatic rings. The number of halogens is 1. The zero-order valence-electron chi connectivity index (χ0n) is 16.8. The third-order valence-electron chi connectivity index (χ3n) is 6.73. The van der Waals surface area contributed by atoms with Gasteiger partial charge in [0.2, 0.25) is 0 Å². The Kier molecular flexibility index (Phi) is 5.70. The van der Waals surface area contributed by atoms with E-state index in [9.17, 15) is 14.3 Å². The second kappa shape index (κ2) is 8.25. The van der Waals surface area contributed by atoms with Gasteiger partial charge in [-0.2, -0.15) is 0 Å². The number of hydrogen-bond donors (Lipinski definition) is 1. The fourth-order valence-corrected chi connectivity index (χ4v) is 4.93. The van der Waals surface area contributed by atoms with Gasteiger partial charge in [-0.05, 0) is 62.4 Å². The van der Waals surface area contributed by atoms with E-state index in [2.05, 4.69) is 11.9 Å². The zero-order valence-corrected chi connectivity index (χ0v) is 16.8. The molecule has 2 heterocycles. The van der Waals surface area contributed by atoms with Crippen LogP contribution in [0, 0.1) is 5.82 Å². The molecule has 2 saturated heterocycles. The number of nitrogens with zero attached hydrogens (tertiary/aromatic N) is 1. The predicted octanol–water partition coefficient (Wildman–Crippen LogP) is 3.47. The van der Waals surface area contributed by atoms with E-state index in [0.29, 0.717) is 17.6 Å². The molecule has 0 saturated carbocycles. The average Bonchev–Trinajstić information content (AvgIpc) is 2.94. The van der Waals surface area contributed by atoms with Crippen LogP contribution in [0.5, 0.6) is 0 Å². The largest absolute Gasteiger partial charge is 0.462 e. The van der Waals surface area contributed by atoms with Gasteiger partial charge >= 0.3 is 5.97 Å². The first-order chi connectivity index (χ1) is 14.0. The summed E-state index contributed by atoms with van der Waals surface area (Å²) in [6, 6.07) is 16.3. The number of benzene rings is 2. The second-order valence-electron chi connectivity index (χ2n) is 8.46. The van der Waals surface area contributed by atoms with Gasteiger partial charge in [-0.25, -0.2) is 4.39 Å². The molecule has 0 aliphatic carbocycles. The van der Waals surface area contributed by atoms with Crippen LogP contribution in [0.25, 0.3) is 0 Å². The summed E-state index contributed by atoms with van der Waals surface area (Å²) in [4.78, 5) is 15.9. The number of aliphatic hydroxyl groups is 1. The maximum atomic E-state index is 13.5. The van der Waals surface area contributed by atoms with E-state index >= 15 is 0 Å².